The van der Waals surface area contributed by atoms with Crippen LogP contribution < -0.4 is 29.6 Å². The Labute approximate surface area is 97.8 Å². The van der Waals surface area contributed by atoms with Gasteiger partial charge in [0.2, 0.25) is 0 Å². The minimum Gasteiger partial charge on any atom is -0.744 e. The van der Waals surface area contributed by atoms with Gasteiger partial charge in [0.05, 0.1) is 11.3 Å². The van der Waals surface area contributed by atoms with Gasteiger partial charge in [-0.15, -0.1) is 0 Å². The first-order valence-electron chi connectivity index (χ1n) is 3.09. The second-order valence-electron chi connectivity index (χ2n) is 2.19. The first-order chi connectivity index (χ1) is 5.54. The summed E-state index contributed by atoms with van der Waals surface area (Å²) in [6.45, 7) is 0. The van der Waals surface area contributed by atoms with E-state index in [4.69, 9.17) is 5.53 Å². The summed E-state index contributed by atoms with van der Waals surface area (Å²) >= 11 is 0. The van der Waals surface area contributed by atoms with Crippen LogP contribution in [0.3, 0.4) is 0 Å². The Morgan fingerprint density at radius 3 is 2.38 bits per heavy atom. The maximum atomic E-state index is 10.4. The van der Waals surface area contributed by atoms with Gasteiger partial charge in [-0.1, -0.05) is 6.08 Å². The molecule has 0 saturated heterocycles. The quantitative estimate of drug-likeness (QED) is 0.199. The van der Waals surface area contributed by atoms with E-state index in [1.807, 2.05) is 0 Å². The van der Waals surface area contributed by atoms with Crippen molar-refractivity contribution in [3.63, 3.8) is 0 Å². The zero-order valence-corrected chi connectivity index (χ0v) is 9.78. The molecule has 0 bridgehead atoms. The molecule has 0 amide bonds. The first-order valence-corrected chi connectivity index (χ1v) is 4.50. The van der Waals surface area contributed by atoms with Crippen LogP contribution in [0.5, 0.6) is 0 Å². The maximum Gasteiger partial charge on any atom is 1.00 e. The topological polar surface area (TPSA) is 93.6 Å². The van der Waals surface area contributed by atoms with Gasteiger partial charge >= 0.3 is 29.6 Å². The summed E-state index contributed by atoms with van der Waals surface area (Å²) in [5.74, 6) is 0. The van der Waals surface area contributed by atoms with Crippen molar-refractivity contribution in [3.8, 4) is 0 Å². The molecule has 0 unspecified atom stereocenters. The molecule has 0 atom stereocenters. The largest absolute Gasteiger partial charge is 1.00 e. The molecule has 13 heavy (non-hydrogen) atoms. The van der Waals surface area contributed by atoms with Crippen molar-refractivity contribution in [1.29, 1.82) is 0 Å². The van der Waals surface area contributed by atoms with Gasteiger partial charge in [-0.3, -0.25) is 0 Å². The number of rotatable bonds is 1. The average molecular weight is 208 g/mol. The molecule has 0 fully saturated rings. The predicted octanol–water partition coefficient (Wildman–Crippen LogP) is -2.95. The molecule has 1 rings (SSSR count). The molecule has 0 spiro atoms. The van der Waals surface area contributed by atoms with Gasteiger partial charge in [-0.05, 0) is 6.08 Å². The molecular weight excluding hydrogens is 203 g/mol. The third kappa shape index (κ3) is 3.56. The molecule has 0 aliphatic heterocycles. The monoisotopic (exact) mass is 208 g/mol. The van der Waals surface area contributed by atoms with E-state index in [0.29, 0.717) is 5.71 Å². The van der Waals surface area contributed by atoms with Crippen LogP contribution in [-0.4, -0.2) is 23.5 Å². The van der Waals surface area contributed by atoms with Crippen LogP contribution in [0.2, 0.25) is 0 Å². The zero-order valence-electron chi connectivity index (χ0n) is 6.97. The summed E-state index contributed by atoms with van der Waals surface area (Å²) < 4.78 is 31.2. The van der Waals surface area contributed by atoms with E-state index in [1.54, 1.807) is 0 Å². The molecule has 7 heteroatoms. The normalized spacial score (nSPS) is 15.8. The van der Waals surface area contributed by atoms with E-state index in [2.05, 4.69) is 4.79 Å². The fraction of sp³-hybridized carbons (Fsp3) is 0.167. The van der Waals surface area contributed by atoms with Crippen LogP contribution in [0, 0.1) is 0 Å². The van der Waals surface area contributed by atoms with Gasteiger partial charge in [-0.2, -0.15) is 4.79 Å². The minimum atomic E-state index is -4.37. The SMILES string of the molecule is [N-]=[N+]=C1C=CC(S(=O)(=O)[O-])=CC1.[Na+]. The van der Waals surface area contributed by atoms with E-state index in [1.165, 1.54) is 12.2 Å². The Balaban J connectivity index is 0.00000144. The van der Waals surface area contributed by atoms with E-state index in [0.717, 1.165) is 6.08 Å². The van der Waals surface area contributed by atoms with E-state index in [-0.39, 0.29) is 40.9 Å². The Hall–Kier alpha value is -0.230. The van der Waals surface area contributed by atoms with Crippen molar-refractivity contribution in [2.75, 3.05) is 0 Å². The molecular formula is C6H5N2NaO3S. The maximum absolute atomic E-state index is 10.4. The van der Waals surface area contributed by atoms with Crippen LogP contribution in [0.4, 0.5) is 0 Å². The minimum absolute atomic E-state index is 0. The fourth-order valence-corrected chi connectivity index (χ4v) is 1.30. The van der Waals surface area contributed by atoms with Crippen LogP contribution >= 0.6 is 0 Å². The molecule has 64 valence electrons. The molecule has 0 aromatic rings. The van der Waals surface area contributed by atoms with Crippen LogP contribution in [0.15, 0.2) is 23.1 Å². The van der Waals surface area contributed by atoms with Crippen molar-refractivity contribution in [3.05, 3.63) is 28.7 Å². The summed E-state index contributed by atoms with van der Waals surface area (Å²) in [5.41, 5.74) is 8.58. The summed E-state index contributed by atoms with van der Waals surface area (Å²) in [6, 6.07) is 0. The van der Waals surface area contributed by atoms with Crippen molar-refractivity contribution in [2.45, 2.75) is 6.42 Å². The van der Waals surface area contributed by atoms with Crippen molar-refractivity contribution >= 4 is 15.8 Å². The van der Waals surface area contributed by atoms with Crippen molar-refractivity contribution in [2.24, 2.45) is 0 Å². The Kier molecular flexibility index (Phi) is 4.77. The van der Waals surface area contributed by atoms with Crippen LogP contribution in [0.25, 0.3) is 5.53 Å². The smallest absolute Gasteiger partial charge is 0.744 e. The molecule has 1 aliphatic carbocycles. The predicted molar refractivity (Wildman–Crippen MR) is 40.2 cm³/mol. The summed E-state index contributed by atoms with van der Waals surface area (Å²) in [5, 5.41) is 0. The van der Waals surface area contributed by atoms with Gasteiger partial charge in [0, 0.05) is 6.08 Å². The summed E-state index contributed by atoms with van der Waals surface area (Å²) in [7, 11) is -4.37. The number of hydrogen-bond acceptors (Lipinski definition) is 3. The van der Waals surface area contributed by atoms with Crippen LogP contribution in [-0.2, 0) is 10.1 Å². The number of allylic oxidation sites excluding steroid dienone is 3. The van der Waals surface area contributed by atoms with Crippen molar-refractivity contribution < 1.29 is 47.3 Å². The van der Waals surface area contributed by atoms with Gasteiger partial charge in [0.1, 0.15) is 10.1 Å². The second-order valence-corrected chi connectivity index (χ2v) is 3.57. The summed E-state index contributed by atoms with van der Waals surface area (Å²) in [4.78, 5) is 2.57. The molecule has 0 aromatic carbocycles. The fourth-order valence-electron chi connectivity index (χ4n) is 0.779. The van der Waals surface area contributed by atoms with E-state index in [9.17, 15) is 13.0 Å². The Morgan fingerprint density at radius 1 is 1.46 bits per heavy atom. The average Bonchev–Trinajstić information content (AvgIpc) is 2.03. The third-order valence-corrected chi connectivity index (χ3v) is 2.25. The van der Waals surface area contributed by atoms with Crippen molar-refractivity contribution in [1.82, 2.24) is 0 Å². The number of nitrogens with zero attached hydrogens (tertiary/aromatic N) is 2. The standard InChI is InChI=1S/C6H6N2O3S.Na/c7-8-5-1-3-6(4-2-5)12(9,10)11;/h1,3-4H,2H2,(H,9,10,11);/q;+1/p-1. The van der Waals surface area contributed by atoms with Gasteiger partial charge in [-0.25, -0.2) is 8.42 Å². The van der Waals surface area contributed by atoms with E-state index < -0.39 is 10.1 Å². The molecule has 0 heterocycles. The Bertz CT molecular complexity index is 404. The van der Waals surface area contributed by atoms with Gasteiger partial charge in [0.25, 0.3) is 5.71 Å². The molecule has 0 aromatic heterocycles. The summed E-state index contributed by atoms with van der Waals surface area (Å²) in [6.07, 6.45) is 3.76. The molecule has 0 radical (unpaired) electrons. The van der Waals surface area contributed by atoms with Gasteiger partial charge < -0.3 is 10.1 Å². The zero-order chi connectivity index (χ0) is 9.19. The molecule has 0 saturated carbocycles. The Morgan fingerprint density at radius 2 is 2.08 bits per heavy atom. The molecule has 1 aliphatic rings. The second kappa shape index (κ2) is 4.85. The number of hydrogen-bond donors (Lipinski definition) is 0. The van der Waals surface area contributed by atoms with E-state index >= 15 is 0 Å². The molecule has 0 N–H and O–H groups in total. The van der Waals surface area contributed by atoms with Gasteiger partial charge in [0.15, 0.2) is 0 Å². The molecule has 5 nitrogen and oxygen atoms in total. The third-order valence-electron chi connectivity index (χ3n) is 1.37. The first kappa shape index (κ1) is 12.8. The van der Waals surface area contributed by atoms with Crippen LogP contribution in [0.1, 0.15) is 6.42 Å².